The SMILES string of the molecule is N#Cc1c2n(c(=O)n1-c1cc(O)c(Cl)cc1F)CCCC2. The number of aromatic nitrogens is 2. The van der Waals surface area contributed by atoms with Gasteiger partial charge in [-0.2, -0.15) is 5.26 Å². The summed E-state index contributed by atoms with van der Waals surface area (Å²) in [4.78, 5) is 12.4. The lowest BCUT2D eigenvalue weighted by Crippen LogP contribution is -2.26. The van der Waals surface area contributed by atoms with Crippen LogP contribution in [0.25, 0.3) is 5.69 Å². The number of nitriles is 1. The molecule has 5 nitrogen and oxygen atoms in total. The van der Waals surface area contributed by atoms with Crippen LogP contribution in [0.4, 0.5) is 4.39 Å². The van der Waals surface area contributed by atoms with Gasteiger partial charge in [0.1, 0.15) is 23.3 Å². The molecule has 0 unspecified atom stereocenters. The molecule has 3 rings (SSSR count). The molecule has 0 saturated heterocycles. The van der Waals surface area contributed by atoms with E-state index in [0.29, 0.717) is 18.7 Å². The number of nitrogens with zero attached hydrogens (tertiary/aromatic N) is 3. The first kappa shape index (κ1) is 13.7. The monoisotopic (exact) mass is 307 g/mol. The molecule has 0 saturated carbocycles. The van der Waals surface area contributed by atoms with E-state index in [1.54, 1.807) is 0 Å². The van der Waals surface area contributed by atoms with Gasteiger partial charge in [-0.1, -0.05) is 11.6 Å². The Kier molecular flexibility index (Phi) is 3.22. The van der Waals surface area contributed by atoms with Gasteiger partial charge >= 0.3 is 5.69 Å². The molecule has 1 aromatic carbocycles. The van der Waals surface area contributed by atoms with Crippen LogP contribution in [0.1, 0.15) is 24.2 Å². The van der Waals surface area contributed by atoms with E-state index in [4.69, 9.17) is 11.6 Å². The molecule has 0 atom stereocenters. The van der Waals surface area contributed by atoms with Crippen molar-refractivity contribution in [3.63, 3.8) is 0 Å². The maximum absolute atomic E-state index is 14.1. The molecule has 0 fully saturated rings. The quantitative estimate of drug-likeness (QED) is 0.879. The van der Waals surface area contributed by atoms with Gasteiger partial charge in [0, 0.05) is 12.6 Å². The number of aromatic hydroxyl groups is 1. The number of halogens is 2. The van der Waals surface area contributed by atoms with Gasteiger partial charge in [-0.25, -0.2) is 13.8 Å². The fourth-order valence-electron chi connectivity index (χ4n) is 2.67. The minimum Gasteiger partial charge on any atom is -0.506 e. The van der Waals surface area contributed by atoms with Crippen molar-refractivity contribution in [2.45, 2.75) is 25.8 Å². The first-order valence-corrected chi connectivity index (χ1v) is 6.85. The van der Waals surface area contributed by atoms with Gasteiger partial charge in [-0.15, -0.1) is 0 Å². The van der Waals surface area contributed by atoms with Crippen LogP contribution in [0.3, 0.4) is 0 Å². The Hall–Kier alpha value is -2.26. The molecular weight excluding hydrogens is 297 g/mol. The van der Waals surface area contributed by atoms with Crippen molar-refractivity contribution >= 4 is 11.6 Å². The molecule has 1 aliphatic rings. The average molecular weight is 308 g/mol. The van der Waals surface area contributed by atoms with Gasteiger partial charge in [-0.3, -0.25) is 4.57 Å². The number of imidazole rings is 1. The van der Waals surface area contributed by atoms with Crippen molar-refractivity contribution in [2.24, 2.45) is 0 Å². The number of phenolic OH excluding ortho intramolecular Hbond substituents is 1. The maximum atomic E-state index is 14.1. The lowest BCUT2D eigenvalue weighted by Gasteiger charge is -2.12. The van der Waals surface area contributed by atoms with Crippen molar-refractivity contribution < 1.29 is 9.50 Å². The molecule has 0 amide bonds. The number of rotatable bonds is 1. The molecule has 2 heterocycles. The van der Waals surface area contributed by atoms with E-state index in [-0.39, 0.29) is 22.2 Å². The zero-order chi connectivity index (χ0) is 15.1. The molecule has 108 valence electrons. The molecule has 2 aromatic rings. The van der Waals surface area contributed by atoms with Gasteiger partial charge in [0.15, 0.2) is 0 Å². The van der Waals surface area contributed by atoms with Crippen molar-refractivity contribution in [1.29, 1.82) is 5.26 Å². The Balaban J connectivity index is 2.34. The summed E-state index contributed by atoms with van der Waals surface area (Å²) in [7, 11) is 0. The standard InChI is InChI=1S/C14H11ClFN3O2/c15-8-5-9(16)11(6-13(8)20)19-12(7-17)10-3-1-2-4-18(10)14(19)21/h5-6,20H,1-4H2. The lowest BCUT2D eigenvalue weighted by molar-refractivity contribution is 0.472. The van der Waals surface area contributed by atoms with Crippen molar-refractivity contribution in [2.75, 3.05) is 0 Å². The maximum Gasteiger partial charge on any atom is 0.334 e. The van der Waals surface area contributed by atoms with Crippen LogP contribution in [0.5, 0.6) is 5.75 Å². The smallest absolute Gasteiger partial charge is 0.334 e. The highest BCUT2D eigenvalue weighted by atomic mass is 35.5. The van der Waals surface area contributed by atoms with E-state index in [0.717, 1.165) is 29.5 Å². The summed E-state index contributed by atoms with van der Waals surface area (Å²) in [5.74, 6) is -1.10. The van der Waals surface area contributed by atoms with Gasteiger partial charge in [-0.05, 0) is 25.3 Å². The lowest BCUT2D eigenvalue weighted by atomic mass is 10.1. The largest absolute Gasteiger partial charge is 0.506 e. The summed E-state index contributed by atoms with van der Waals surface area (Å²) in [6.45, 7) is 0.511. The summed E-state index contributed by atoms with van der Waals surface area (Å²) in [5, 5.41) is 18.8. The van der Waals surface area contributed by atoms with Crippen molar-refractivity contribution in [1.82, 2.24) is 9.13 Å². The highest BCUT2D eigenvalue weighted by molar-refractivity contribution is 6.32. The summed E-state index contributed by atoms with van der Waals surface area (Å²) in [6, 6.07) is 3.95. The molecule has 1 aromatic heterocycles. The summed E-state index contributed by atoms with van der Waals surface area (Å²) in [5.41, 5.74) is 0.0881. The Morgan fingerprint density at radius 2 is 2.14 bits per heavy atom. The van der Waals surface area contributed by atoms with Crippen molar-refractivity contribution in [3.8, 4) is 17.5 Å². The van der Waals surface area contributed by atoms with Crippen LogP contribution in [-0.4, -0.2) is 14.2 Å². The number of phenols is 1. The third-order valence-corrected chi connectivity index (χ3v) is 3.96. The average Bonchev–Trinajstić information content (AvgIpc) is 2.76. The van der Waals surface area contributed by atoms with Gasteiger partial charge < -0.3 is 5.11 Å². The van der Waals surface area contributed by atoms with E-state index in [1.807, 2.05) is 6.07 Å². The van der Waals surface area contributed by atoms with E-state index < -0.39 is 11.5 Å². The Morgan fingerprint density at radius 3 is 2.86 bits per heavy atom. The highest BCUT2D eigenvalue weighted by Gasteiger charge is 2.25. The van der Waals surface area contributed by atoms with Gasteiger partial charge in [0.25, 0.3) is 0 Å². The number of fused-ring (bicyclic) bond motifs is 1. The van der Waals surface area contributed by atoms with Crippen LogP contribution < -0.4 is 5.69 Å². The van der Waals surface area contributed by atoms with E-state index >= 15 is 0 Å². The topological polar surface area (TPSA) is 71.0 Å². The molecular formula is C14H11ClFN3O2. The summed E-state index contributed by atoms with van der Waals surface area (Å²) in [6.07, 6.45) is 2.33. The highest BCUT2D eigenvalue weighted by Crippen LogP contribution is 2.29. The number of hydrogen-bond acceptors (Lipinski definition) is 3. The number of benzene rings is 1. The van der Waals surface area contributed by atoms with Gasteiger partial charge in [0.2, 0.25) is 0 Å². The normalized spacial score (nSPS) is 13.8. The Bertz CT molecular complexity index is 832. The third kappa shape index (κ3) is 2.01. The second-order valence-corrected chi connectivity index (χ2v) is 5.30. The predicted molar refractivity (Wildman–Crippen MR) is 74.3 cm³/mol. The van der Waals surface area contributed by atoms with E-state index in [9.17, 15) is 19.6 Å². The molecule has 0 bridgehead atoms. The summed E-state index contributed by atoms with van der Waals surface area (Å²) >= 11 is 5.64. The van der Waals surface area contributed by atoms with E-state index in [2.05, 4.69) is 0 Å². The van der Waals surface area contributed by atoms with Crippen LogP contribution in [0.15, 0.2) is 16.9 Å². The Labute approximate surface area is 124 Å². The number of hydrogen-bond donors (Lipinski definition) is 1. The first-order valence-electron chi connectivity index (χ1n) is 6.47. The zero-order valence-corrected chi connectivity index (χ0v) is 11.7. The fraction of sp³-hybridized carbons (Fsp3) is 0.286. The van der Waals surface area contributed by atoms with Crippen molar-refractivity contribution in [3.05, 3.63) is 44.8 Å². The van der Waals surface area contributed by atoms with Crippen LogP contribution in [0.2, 0.25) is 5.02 Å². The molecule has 0 radical (unpaired) electrons. The second kappa shape index (κ2) is 4.93. The predicted octanol–water partition coefficient (Wildman–Crippen LogP) is 2.35. The Morgan fingerprint density at radius 1 is 1.38 bits per heavy atom. The fourth-order valence-corrected chi connectivity index (χ4v) is 2.82. The van der Waals surface area contributed by atoms with E-state index in [1.165, 1.54) is 4.57 Å². The molecule has 0 aliphatic carbocycles. The van der Waals surface area contributed by atoms with Crippen LogP contribution in [0, 0.1) is 17.1 Å². The molecule has 7 heteroatoms. The minimum atomic E-state index is -0.764. The van der Waals surface area contributed by atoms with Crippen LogP contribution >= 0.6 is 11.6 Å². The third-order valence-electron chi connectivity index (χ3n) is 3.65. The molecule has 0 spiro atoms. The second-order valence-electron chi connectivity index (χ2n) is 4.89. The first-order chi connectivity index (χ1) is 10.0. The molecule has 21 heavy (non-hydrogen) atoms. The minimum absolute atomic E-state index is 0.111. The van der Waals surface area contributed by atoms with Gasteiger partial charge in [0.05, 0.1) is 16.4 Å². The molecule has 1 aliphatic heterocycles. The summed E-state index contributed by atoms with van der Waals surface area (Å²) < 4.78 is 16.6. The zero-order valence-electron chi connectivity index (χ0n) is 10.9. The van der Waals surface area contributed by atoms with Crippen LogP contribution in [-0.2, 0) is 13.0 Å². The molecule has 1 N–H and O–H groups in total.